The number of carbonyl (C=O) groups excluding carboxylic acids is 1. The molecule has 1 aromatic heterocycles. The lowest BCUT2D eigenvalue weighted by atomic mass is 9.85. The first-order valence-corrected chi connectivity index (χ1v) is 9.73. The van der Waals surface area contributed by atoms with Crippen LogP contribution in [0.4, 0.5) is 0 Å². The van der Waals surface area contributed by atoms with Gasteiger partial charge in [-0.05, 0) is 61.4 Å². The molecular formula is C23H26N2O2. The van der Waals surface area contributed by atoms with E-state index in [-0.39, 0.29) is 11.8 Å². The van der Waals surface area contributed by atoms with E-state index in [2.05, 4.69) is 46.7 Å². The molecule has 1 unspecified atom stereocenters. The van der Waals surface area contributed by atoms with E-state index in [9.17, 15) is 4.79 Å². The number of fused-ring (bicyclic) bond motifs is 3. The molecule has 0 spiro atoms. The molecule has 0 saturated heterocycles. The third kappa shape index (κ3) is 3.85. The van der Waals surface area contributed by atoms with E-state index >= 15 is 0 Å². The van der Waals surface area contributed by atoms with Gasteiger partial charge in [-0.2, -0.15) is 0 Å². The molecule has 4 heteroatoms. The van der Waals surface area contributed by atoms with Gasteiger partial charge >= 0.3 is 0 Å². The summed E-state index contributed by atoms with van der Waals surface area (Å²) in [6.07, 6.45) is 4.60. The molecule has 2 aromatic carbocycles. The summed E-state index contributed by atoms with van der Waals surface area (Å²) < 4.78 is 5.37. The number of rotatable bonds is 6. The fourth-order valence-corrected chi connectivity index (χ4v) is 4.04. The SMILES string of the molecule is COc1ccc2[nH]c3c(c2c1)CC(C(=O)NCCCc1ccccc1)CC3. The standard InChI is InChI=1S/C23H26N2O2/c1-27-18-10-12-22-20(15-18)19-14-17(9-11-21(19)25-22)23(26)24-13-5-8-16-6-3-2-4-7-16/h2-4,6-7,10,12,15,17,25H,5,8-9,11,13-14H2,1H3,(H,24,26). The molecule has 0 saturated carbocycles. The van der Waals surface area contributed by atoms with Crippen molar-refractivity contribution in [2.45, 2.75) is 32.1 Å². The molecule has 1 atom stereocenters. The summed E-state index contributed by atoms with van der Waals surface area (Å²) >= 11 is 0. The van der Waals surface area contributed by atoms with Gasteiger partial charge in [-0.15, -0.1) is 0 Å². The Morgan fingerprint density at radius 2 is 2.07 bits per heavy atom. The molecular weight excluding hydrogens is 336 g/mol. The van der Waals surface area contributed by atoms with Gasteiger partial charge in [0.1, 0.15) is 5.75 Å². The number of aryl methyl sites for hydroxylation is 2. The minimum Gasteiger partial charge on any atom is -0.497 e. The molecule has 140 valence electrons. The Morgan fingerprint density at radius 3 is 2.89 bits per heavy atom. The van der Waals surface area contributed by atoms with Crippen LogP contribution in [0.15, 0.2) is 48.5 Å². The van der Waals surface area contributed by atoms with Crippen molar-refractivity contribution in [1.29, 1.82) is 0 Å². The van der Waals surface area contributed by atoms with Crippen LogP contribution >= 0.6 is 0 Å². The normalized spacial score (nSPS) is 16.1. The predicted octanol–water partition coefficient (Wildman–Crippen LogP) is 4.03. The van der Waals surface area contributed by atoms with Crippen LogP contribution in [0.25, 0.3) is 10.9 Å². The fourth-order valence-electron chi connectivity index (χ4n) is 4.04. The zero-order valence-electron chi connectivity index (χ0n) is 15.8. The van der Waals surface area contributed by atoms with Crippen molar-refractivity contribution in [2.24, 2.45) is 5.92 Å². The first kappa shape index (κ1) is 17.7. The summed E-state index contributed by atoms with van der Waals surface area (Å²) in [5.41, 5.74) is 5.00. The lowest BCUT2D eigenvalue weighted by molar-refractivity contribution is -0.125. The highest BCUT2D eigenvalue weighted by molar-refractivity contribution is 5.88. The maximum Gasteiger partial charge on any atom is 0.223 e. The van der Waals surface area contributed by atoms with E-state index in [4.69, 9.17) is 4.74 Å². The van der Waals surface area contributed by atoms with E-state index in [0.717, 1.165) is 49.9 Å². The number of ether oxygens (including phenoxy) is 1. The van der Waals surface area contributed by atoms with Gasteiger partial charge in [-0.3, -0.25) is 4.79 Å². The number of aromatic amines is 1. The summed E-state index contributed by atoms with van der Waals surface area (Å²) in [4.78, 5) is 16.2. The zero-order valence-corrected chi connectivity index (χ0v) is 15.8. The van der Waals surface area contributed by atoms with Gasteiger partial charge in [-0.25, -0.2) is 0 Å². The van der Waals surface area contributed by atoms with Crippen molar-refractivity contribution in [2.75, 3.05) is 13.7 Å². The molecule has 1 aliphatic rings. The highest BCUT2D eigenvalue weighted by Crippen LogP contribution is 2.33. The molecule has 0 fully saturated rings. The molecule has 3 aromatic rings. The molecule has 1 aliphatic carbocycles. The Kier molecular flexibility index (Phi) is 5.14. The van der Waals surface area contributed by atoms with E-state index in [1.54, 1.807) is 7.11 Å². The number of carbonyl (C=O) groups is 1. The fraction of sp³-hybridized carbons (Fsp3) is 0.348. The van der Waals surface area contributed by atoms with Gasteiger partial charge in [0.15, 0.2) is 0 Å². The molecule has 2 N–H and O–H groups in total. The van der Waals surface area contributed by atoms with Crippen molar-refractivity contribution >= 4 is 16.8 Å². The Hall–Kier alpha value is -2.75. The molecule has 27 heavy (non-hydrogen) atoms. The van der Waals surface area contributed by atoms with E-state index in [1.165, 1.54) is 22.2 Å². The second kappa shape index (κ2) is 7.87. The van der Waals surface area contributed by atoms with Crippen LogP contribution in [0.1, 0.15) is 29.7 Å². The van der Waals surface area contributed by atoms with Gasteiger partial charge < -0.3 is 15.0 Å². The van der Waals surface area contributed by atoms with E-state index in [1.807, 2.05) is 12.1 Å². The van der Waals surface area contributed by atoms with Crippen LogP contribution in [-0.4, -0.2) is 24.5 Å². The number of hydrogen-bond acceptors (Lipinski definition) is 2. The molecule has 4 rings (SSSR count). The monoisotopic (exact) mass is 362 g/mol. The average Bonchev–Trinajstić information content (AvgIpc) is 3.08. The van der Waals surface area contributed by atoms with Crippen molar-refractivity contribution in [1.82, 2.24) is 10.3 Å². The lowest BCUT2D eigenvalue weighted by Gasteiger charge is -2.22. The van der Waals surface area contributed by atoms with Crippen molar-refractivity contribution in [3.63, 3.8) is 0 Å². The second-order valence-electron chi connectivity index (χ2n) is 7.31. The van der Waals surface area contributed by atoms with Crippen LogP contribution in [0.5, 0.6) is 5.75 Å². The van der Waals surface area contributed by atoms with Crippen LogP contribution in [0.2, 0.25) is 0 Å². The van der Waals surface area contributed by atoms with Gasteiger partial charge in [0.05, 0.1) is 7.11 Å². The molecule has 1 heterocycles. The van der Waals surface area contributed by atoms with Gasteiger partial charge in [0.25, 0.3) is 0 Å². The zero-order chi connectivity index (χ0) is 18.6. The van der Waals surface area contributed by atoms with Gasteiger partial charge in [-0.1, -0.05) is 30.3 Å². The number of nitrogens with one attached hydrogen (secondary N) is 2. The summed E-state index contributed by atoms with van der Waals surface area (Å²) in [6, 6.07) is 16.5. The number of aromatic nitrogens is 1. The maximum atomic E-state index is 12.7. The third-order valence-electron chi connectivity index (χ3n) is 5.55. The Balaban J connectivity index is 1.36. The van der Waals surface area contributed by atoms with Crippen LogP contribution < -0.4 is 10.1 Å². The minimum absolute atomic E-state index is 0.0550. The van der Waals surface area contributed by atoms with Crippen molar-refractivity contribution in [3.8, 4) is 5.75 Å². The molecule has 0 aliphatic heterocycles. The van der Waals surface area contributed by atoms with Crippen LogP contribution in [-0.2, 0) is 24.1 Å². The summed E-state index contributed by atoms with van der Waals surface area (Å²) in [7, 11) is 1.69. The third-order valence-corrected chi connectivity index (χ3v) is 5.55. The van der Waals surface area contributed by atoms with E-state index < -0.39 is 0 Å². The molecule has 1 amide bonds. The second-order valence-corrected chi connectivity index (χ2v) is 7.31. The smallest absolute Gasteiger partial charge is 0.223 e. The van der Waals surface area contributed by atoms with Crippen molar-refractivity contribution in [3.05, 3.63) is 65.4 Å². The van der Waals surface area contributed by atoms with Crippen LogP contribution in [0.3, 0.4) is 0 Å². The first-order chi connectivity index (χ1) is 13.2. The Morgan fingerprint density at radius 1 is 1.22 bits per heavy atom. The summed E-state index contributed by atoms with van der Waals surface area (Å²) in [6.45, 7) is 0.735. The van der Waals surface area contributed by atoms with Gasteiger partial charge in [0.2, 0.25) is 5.91 Å². The number of methoxy groups -OCH3 is 1. The summed E-state index contributed by atoms with van der Waals surface area (Å²) in [5, 5.41) is 4.33. The lowest BCUT2D eigenvalue weighted by Crippen LogP contribution is -2.34. The predicted molar refractivity (Wildman–Crippen MR) is 108 cm³/mol. The molecule has 0 bridgehead atoms. The van der Waals surface area contributed by atoms with E-state index in [0.29, 0.717) is 0 Å². The highest BCUT2D eigenvalue weighted by Gasteiger charge is 2.27. The molecule has 0 radical (unpaired) electrons. The maximum absolute atomic E-state index is 12.7. The first-order valence-electron chi connectivity index (χ1n) is 9.73. The number of amides is 1. The average molecular weight is 362 g/mol. The Labute approximate surface area is 159 Å². The minimum atomic E-state index is 0.0550. The quantitative estimate of drug-likeness (QED) is 0.651. The number of benzene rings is 2. The van der Waals surface area contributed by atoms with Crippen LogP contribution in [0, 0.1) is 5.92 Å². The Bertz CT molecular complexity index is 930. The topological polar surface area (TPSA) is 54.1 Å². The number of H-pyrrole nitrogens is 1. The summed E-state index contributed by atoms with van der Waals surface area (Å²) in [5.74, 6) is 1.10. The van der Waals surface area contributed by atoms with Gasteiger partial charge in [0, 0.05) is 29.1 Å². The molecule has 4 nitrogen and oxygen atoms in total. The highest BCUT2D eigenvalue weighted by atomic mass is 16.5. The largest absolute Gasteiger partial charge is 0.497 e. The van der Waals surface area contributed by atoms with Crippen molar-refractivity contribution < 1.29 is 9.53 Å². The number of hydrogen-bond donors (Lipinski definition) is 2.